The fourth-order valence-corrected chi connectivity index (χ4v) is 4.47. The number of primary amides is 1. The van der Waals surface area contributed by atoms with Crippen LogP contribution in [-0.4, -0.2) is 56.9 Å². The van der Waals surface area contributed by atoms with E-state index in [9.17, 15) is 29.4 Å². The molecule has 0 spiro atoms. The number of carboxylic acids is 1. The van der Waals surface area contributed by atoms with Crippen molar-refractivity contribution in [2.75, 3.05) is 0 Å². The zero-order valence-electron chi connectivity index (χ0n) is 19.7. The number of phenols is 1. The third-order valence-corrected chi connectivity index (χ3v) is 6.28. The van der Waals surface area contributed by atoms with Gasteiger partial charge in [-0.25, -0.2) is 4.79 Å². The highest BCUT2D eigenvalue weighted by Gasteiger charge is 2.38. The predicted octanol–water partition coefficient (Wildman–Crippen LogP) is 0.277. The van der Waals surface area contributed by atoms with Crippen molar-refractivity contribution in [2.45, 2.75) is 57.8 Å². The van der Waals surface area contributed by atoms with Crippen LogP contribution < -0.4 is 16.8 Å². The van der Waals surface area contributed by atoms with E-state index in [0.717, 1.165) is 27.8 Å². The van der Waals surface area contributed by atoms with Crippen LogP contribution in [0, 0.1) is 13.8 Å². The van der Waals surface area contributed by atoms with Gasteiger partial charge in [0.15, 0.2) is 0 Å². The smallest absolute Gasteiger partial charge is 0.326 e. The minimum absolute atomic E-state index is 0.122. The molecule has 3 atom stereocenters. The maximum Gasteiger partial charge on any atom is 0.326 e. The van der Waals surface area contributed by atoms with Crippen LogP contribution >= 0.6 is 0 Å². The lowest BCUT2D eigenvalue weighted by Crippen LogP contribution is -2.58. The van der Waals surface area contributed by atoms with Crippen molar-refractivity contribution in [3.05, 3.63) is 64.2 Å². The van der Waals surface area contributed by atoms with Crippen molar-refractivity contribution in [1.82, 2.24) is 10.2 Å². The van der Waals surface area contributed by atoms with E-state index in [4.69, 9.17) is 11.5 Å². The number of carboxylic acid groups (broad SMARTS) is 1. The monoisotopic (exact) mass is 482 g/mol. The number of nitrogens with two attached hydrogens (primary N) is 2. The highest BCUT2D eigenvalue weighted by Crippen LogP contribution is 2.26. The van der Waals surface area contributed by atoms with Crippen LogP contribution in [0.4, 0.5) is 0 Å². The summed E-state index contributed by atoms with van der Waals surface area (Å²) < 4.78 is 0. The van der Waals surface area contributed by atoms with Crippen molar-refractivity contribution in [1.29, 1.82) is 0 Å². The van der Waals surface area contributed by atoms with Gasteiger partial charge in [-0.05, 0) is 60.2 Å². The number of carbonyl (C=O) groups excluding carboxylic acids is 3. The predicted molar refractivity (Wildman–Crippen MR) is 127 cm³/mol. The maximum atomic E-state index is 13.5. The summed E-state index contributed by atoms with van der Waals surface area (Å²) in [6.45, 7) is 3.76. The normalized spacial score (nSPS) is 16.7. The van der Waals surface area contributed by atoms with Crippen LogP contribution in [0.15, 0.2) is 36.4 Å². The van der Waals surface area contributed by atoms with Crippen molar-refractivity contribution in [3.8, 4) is 5.75 Å². The molecule has 1 heterocycles. The van der Waals surface area contributed by atoms with Crippen LogP contribution in [0.3, 0.4) is 0 Å². The summed E-state index contributed by atoms with van der Waals surface area (Å²) in [5, 5.41) is 21.5. The number of rotatable bonds is 8. The third-order valence-electron chi connectivity index (χ3n) is 6.28. The van der Waals surface area contributed by atoms with Gasteiger partial charge in [0.2, 0.25) is 17.7 Å². The number of amides is 3. The van der Waals surface area contributed by atoms with Gasteiger partial charge in [-0.15, -0.1) is 0 Å². The molecule has 0 aromatic heterocycles. The average molecular weight is 483 g/mol. The van der Waals surface area contributed by atoms with Crippen molar-refractivity contribution >= 4 is 23.7 Å². The molecule has 35 heavy (non-hydrogen) atoms. The molecule has 7 N–H and O–H groups in total. The SMILES string of the molecule is Cc1cc(O)cc(C)c1C[C@H](N)C(=O)N1Cc2ccccc2C[C@H]1C(=O)N[C@@H](CC(N)=O)C(=O)O. The Kier molecular flexibility index (Phi) is 7.75. The highest BCUT2D eigenvalue weighted by atomic mass is 16.4. The van der Waals surface area contributed by atoms with E-state index in [1.54, 1.807) is 12.1 Å². The first kappa shape index (κ1) is 25.7. The molecule has 0 fully saturated rings. The van der Waals surface area contributed by atoms with Gasteiger partial charge in [0.05, 0.1) is 12.5 Å². The van der Waals surface area contributed by atoms with E-state index in [0.29, 0.717) is 0 Å². The molecule has 186 valence electrons. The lowest BCUT2D eigenvalue weighted by Gasteiger charge is -2.38. The molecule has 2 aromatic carbocycles. The summed E-state index contributed by atoms with van der Waals surface area (Å²) in [6, 6.07) is 7.05. The van der Waals surface area contributed by atoms with E-state index in [1.807, 2.05) is 38.1 Å². The standard InChI is InChI=1S/C25H30N4O6/c1-13-7-17(30)8-14(2)18(13)10-19(26)24(33)29-12-16-6-4-3-5-15(16)9-21(29)23(32)28-20(25(34)35)11-22(27)31/h3-8,19-21,30H,9-12,26H2,1-2H3,(H2,27,31)(H,28,32)(H,34,35)/t19-,20-,21-/m0/s1. The fraction of sp³-hybridized carbons (Fsp3) is 0.360. The largest absolute Gasteiger partial charge is 0.508 e. The minimum atomic E-state index is -1.51. The van der Waals surface area contributed by atoms with Crippen LogP contribution in [0.5, 0.6) is 5.75 Å². The molecule has 0 aliphatic carbocycles. The lowest BCUT2D eigenvalue weighted by atomic mass is 9.91. The number of aryl methyl sites for hydroxylation is 2. The molecule has 10 heteroatoms. The summed E-state index contributed by atoms with van der Waals surface area (Å²) in [4.78, 5) is 50.8. The fourth-order valence-electron chi connectivity index (χ4n) is 4.47. The molecule has 2 aromatic rings. The Bertz CT molecular complexity index is 1140. The number of benzene rings is 2. The molecule has 3 amide bonds. The zero-order valence-corrected chi connectivity index (χ0v) is 19.7. The molecular weight excluding hydrogens is 452 g/mol. The van der Waals surface area contributed by atoms with Gasteiger partial charge in [-0.2, -0.15) is 0 Å². The van der Waals surface area contributed by atoms with Gasteiger partial charge in [0, 0.05) is 13.0 Å². The molecule has 3 rings (SSSR count). The molecule has 1 aliphatic rings. The van der Waals surface area contributed by atoms with E-state index < -0.39 is 48.2 Å². The number of nitrogens with zero attached hydrogens (tertiary/aromatic N) is 1. The van der Waals surface area contributed by atoms with Crippen LogP contribution in [0.25, 0.3) is 0 Å². The molecule has 0 saturated carbocycles. The summed E-state index contributed by atoms with van der Waals surface area (Å²) in [6.07, 6.45) is -0.208. The van der Waals surface area contributed by atoms with Gasteiger partial charge < -0.3 is 31.9 Å². The molecule has 0 bridgehead atoms. The summed E-state index contributed by atoms with van der Waals surface area (Å²) in [5.74, 6) is -3.32. The van der Waals surface area contributed by atoms with E-state index in [-0.39, 0.29) is 25.1 Å². The minimum Gasteiger partial charge on any atom is -0.508 e. The van der Waals surface area contributed by atoms with Crippen LogP contribution in [0.1, 0.15) is 34.2 Å². The molecule has 0 unspecified atom stereocenters. The average Bonchev–Trinajstić information content (AvgIpc) is 2.78. The van der Waals surface area contributed by atoms with Gasteiger partial charge >= 0.3 is 5.97 Å². The zero-order chi connectivity index (χ0) is 25.9. The number of phenolic OH excluding ortho intramolecular Hbond substituents is 1. The molecule has 10 nitrogen and oxygen atoms in total. The molecule has 1 aliphatic heterocycles. The topological polar surface area (TPSA) is 176 Å². The van der Waals surface area contributed by atoms with Crippen molar-refractivity contribution < 1.29 is 29.4 Å². The quantitative estimate of drug-likeness (QED) is 0.359. The summed E-state index contributed by atoms with van der Waals surface area (Å²) in [7, 11) is 0. The summed E-state index contributed by atoms with van der Waals surface area (Å²) >= 11 is 0. The van der Waals surface area contributed by atoms with Gasteiger partial charge in [0.1, 0.15) is 17.8 Å². The first-order valence-electron chi connectivity index (χ1n) is 11.2. The maximum absolute atomic E-state index is 13.5. The second kappa shape index (κ2) is 10.6. The Balaban J connectivity index is 1.87. The number of nitrogens with one attached hydrogen (secondary N) is 1. The van der Waals surface area contributed by atoms with E-state index in [1.165, 1.54) is 4.90 Å². The Morgan fingerprint density at radius 3 is 2.29 bits per heavy atom. The highest BCUT2D eigenvalue weighted by molar-refractivity contribution is 5.93. The Morgan fingerprint density at radius 1 is 1.11 bits per heavy atom. The third kappa shape index (κ3) is 5.96. The number of aliphatic carboxylic acids is 1. The van der Waals surface area contributed by atoms with Crippen molar-refractivity contribution in [3.63, 3.8) is 0 Å². The van der Waals surface area contributed by atoms with Gasteiger partial charge in [-0.1, -0.05) is 24.3 Å². The van der Waals surface area contributed by atoms with Gasteiger partial charge in [-0.3, -0.25) is 14.4 Å². The number of fused-ring (bicyclic) bond motifs is 1. The van der Waals surface area contributed by atoms with Crippen LogP contribution in [0.2, 0.25) is 0 Å². The number of hydrogen-bond acceptors (Lipinski definition) is 6. The number of aromatic hydroxyl groups is 1. The second-order valence-electron chi connectivity index (χ2n) is 8.89. The van der Waals surface area contributed by atoms with Gasteiger partial charge in [0.25, 0.3) is 0 Å². The lowest BCUT2D eigenvalue weighted by molar-refractivity contribution is -0.146. The Morgan fingerprint density at radius 2 is 1.71 bits per heavy atom. The van der Waals surface area contributed by atoms with E-state index >= 15 is 0 Å². The number of carbonyl (C=O) groups is 4. The van der Waals surface area contributed by atoms with Crippen molar-refractivity contribution in [2.24, 2.45) is 11.5 Å². The summed E-state index contributed by atoms with van der Waals surface area (Å²) in [5.41, 5.74) is 15.6. The first-order chi connectivity index (χ1) is 16.5. The molecule has 0 radical (unpaired) electrons. The molecule has 0 saturated heterocycles. The number of hydrogen-bond donors (Lipinski definition) is 5. The van der Waals surface area contributed by atoms with Crippen LogP contribution in [-0.2, 0) is 38.6 Å². The van der Waals surface area contributed by atoms with E-state index in [2.05, 4.69) is 5.32 Å². The Hall–Kier alpha value is -3.92. The first-order valence-corrected chi connectivity index (χ1v) is 11.2. The molecular formula is C25H30N4O6. The Labute approximate surface area is 202 Å². The second-order valence-corrected chi connectivity index (χ2v) is 8.89.